The van der Waals surface area contributed by atoms with Crippen LogP contribution in [-0.2, 0) is 0 Å². The molecule has 2 N–H and O–H groups in total. The number of aromatic hydroxyl groups is 1. The van der Waals surface area contributed by atoms with Gasteiger partial charge in [-0.2, -0.15) is 0 Å². The van der Waals surface area contributed by atoms with E-state index in [9.17, 15) is 14.3 Å². The number of halogens is 2. The molecule has 20 heavy (non-hydrogen) atoms. The van der Waals surface area contributed by atoms with E-state index in [1.54, 1.807) is 18.2 Å². The van der Waals surface area contributed by atoms with Crippen molar-refractivity contribution in [1.82, 2.24) is 0 Å². The molecule has 0 fully saturated rings. The summed E-state index contributed by atoms with van der Waals surface area (Å²) in [6.45, 7) is 0. The number of anilines is 1. The molecule has 2 rings (SSSR count). The zero-order valence-electron chi connectivity index (χ0n) is 10.5. The van der Waals surface area contributed by atoms with Crippen LogP contribution in [0.25, 0.3) is 0 Å². The largest absolute Gasteiger partial charge is 0.507 e. The number of phenolic OH excluding ortho intramolecular Hbond substituents is 1. The van der Waals surface area contributed by atoms with Gasteiger partial charge in [-0.05, 0) is 24.3 Å². The molecule has 0 atom stereocenters. The van der Waals surface area contributed by atoms with E-state index in [1.165, 1.54) is 13.2 Å². The summed E-state index contributed by atoms with van der Waals surface area (Å²) in [7, 11) is 1.49. The lowest BCUT2D eigenvalue weighted by Gasteiger charge is -2.10. The smallest absolute Gasteiger partial charge is 0.259 e. The molecule has 0 saturated heterocycles. The molecule has 1 amide bonds. The molecular formula is C14H11ClFNO3. The van der Waals surface area contributed by atoms with E-state index >= 15 is 0 Å². The summed E-state index contributed by atoms with van der Waals surface area (Å²) in [6, 6.07) is 7.90. The minimum atomic E-state index is -0.626. The molecule has 0 saturated carbocycles. The second-order valence-electron chi connectivity index (χ2n) is 3.96. The zero-order chi connectivity index (χ0) is 14.7. The summed E-state index contributed by atoms with van der Waals surface area (Å²) < 4.78 is 17.9. The van der Waals surface area contributed by atoms with E-state index in [0.29, 0.717) is 16.5 Å². The van der Waals surface area contributed by atoms with E-state index in [1.807, 2.05) is 0 Å². The van der Waals surface area contributed by atoms with Crippen molar-refractivity contribution in [3.05, 3.63) is 52.8 Å². The van der Waals surface area contributed by atoms with Crippen LogP contribution in [0.5, 0.6) is 11.5 Å². The monoisotopic (exact) mass is 295 g/mol. The highest BCUT2D eigenvalue weighted by Gasteiger charge is 2.14. The number of hydrogen-bond acceptors (Lipinski definition) is 3. The number of carbonyl (C=O) groups excluding carboxylic acids is 1. The van der Waals surface area contributed by atoms with Gasteiger partial charge in [0, 0.05) is 12.1 Å². The molecular weight excluding hydrogens is 285 g/mol. The number of phenols is 1. The molecule has 0 unspecified atom stereocenters. The number of nitrogens with one attached hydrogen (secondary N) is 1. The Morgan fingerprint density at radius 3 is 2.70 bits per heavy atom. The summed E-state index contributed by atoms with van der Waals surface area (Å²) >= 11 is 5.96. The maximum absolute atomic E-state index is 12.9. The Morgan fingerprint density at radius 2 is 2.05 bits per heavy atom. The van der Waals surface area contributed by atoms with Crippen LogP contribution in [0.3, 0.4) is 0 Å². The zero-order valence-corrected chi connectivity index (χ0v) is 11.2. The van der Waals surface area contributed by atoms with Crippen LogP contribution in [0, 0.1) is 5.82 Å². The first-order valence-electron chi connectivity index (χ1n) is 5.64. The second kappa shape index (κ2) is 5.79. The molecule has 2 aromatic carbocycles. The Bertz CT molecular complexity index is 661. The van der Waals surface area contributed by atoms with Gasteiger partial charge in [-0.25, -0.2) is 4.39 Å². The van der Waals surface area contributed by atoms with Gasteiger partial charge in [0.2, 0.25) is 0 Å². The van der Waals surface area contributed by atoms with Crippen LogP contribution in [0.1, 0.15) is 10.4 Å². The molecule has 0 aliphatic heterocycles. The average molecular weight is 296 g/mol. The molecule has 0 radical (unpaired) electrons. The van der Waals surface area contributed by atoms with Gasteiger partial charge in [-0.15, -0.1) is 0 Å². The highest BCUT2D eigenvalue weighted by atomic mass is 35.5. The van der Waals surface area contributed by atoms with Gasteiger partial charge < -0.3 is 15.2 Å². The lowest BCUT2D eigenvalue weighted by atomic mass is 10.1. The van der Waals surface area contributed by atoms with Gasteiger partial charge in [-0.1, -0.05) is 11.6 Å². The van der Waals surface area contributed by atoms with Crippen molar-refractivity contribution >= 4 is 23.2 Å². The summed E-state index contributed by atoms with van der Waals surface area (Å²) in [5.74, 6) is -1.15. The lowest BCUT2D eigenvalue weighted by molar-refractivity contribution is 0.102. The minimum absolute atomic E-state index is 0.0507. The Labute approximate surface area is 119 Å². The number of carbonyl (C=O) groups is 1. The standard InChI is InChI=1S/C14H11ClFNO3/c1-20-9-3-5-11(15)12(7-9)17-14(19)10-4-2-8(16)6-13(10)18/h2-7,18H,1H3,(H,17,19). The van der Waals surface area contributed by atoms with Gasteiger partial charge >= 0.3 is 0 Å². The fourth-order valence-corrected chi connectivity index (χ4v) is 1.78. The third-order valence-corrected chi connectivity index (χ3v) is 2.96. The molecule has 0 heterocycles. The quantitative estimate of drug-likeness (QED) is 0.912. The first-order valence-corrected chi connectivity index (χ1v) is 6.02. The summed E-state index contributed by atoms with van der Waals surface area (Å²) in [5, 5.41) is 12.4. The van der Waals surface area contributed by atoms with Crippen molar-refractivity contribution in [3.63, 3.8) is 0 Å². The van der Waals surface area contributed by atoms with Crippen LogP contribution in [0.15, 0.2) is 36.4 Å². The van der Waals surface area contributed by atoms with E-state index in [-0.39, 0.29) is 5.56 Å². The number of hydrogen-bond donors (Lipinski definition) is 2. The van der Waals surface area contributed by atoms with Gasteiger partial charge in [-0.3, -0.25) is 4.79 Å². The number of ether oxygens (including phenoxy) is 1. The van der Waals surface area contributed by atoms with Crippen molar-refractivity contribution in [2.24, 2.45) is 0 Å². The van der Waals surface area contributed by atoms with Crippen molar-refractivity contribution < 1.29 is 19.0 Å². The van der Waals surface area contributed by atoms with Gasteiger partial charge in [0.1, 0.15) is 17.3 Å². The van der Waals surface area contributed by atoms with Crippen LogP contribution < -0.4 is 10.1 Å². The Balaban J connectivity index is 2.27. The van der Waals surface area contributed by atoms with Crippen molar-refractivity contribution in [2.75, 3.05) is 12.4 Å². The van der Waals surface area contributed by atoms with E-state index < -0.39 is 17.5 Å². The number of benzene rings is 2. The highest BCUT2D eigenvalue weighted by molar-refractivity contribution is 6.34. The molecule has 0 spiro atoms. The normalized spacial score (nSPS) is 10.2. The average Bonchev–Trinajstić information content (AvgIpc) is 2.41. The fraction of sp³-hybridized carbons (Fsp3) is 0.0714. The Kier molecular flexibility index (Phi) is 4.10. The highest BCUT2D eigenvalue weighted by Crippen LogP contribution is 2.28. The van der Waals surface area contributed by atoms with Gasteiger partial charge in [0.05, 0.1) is 23.4 Å². The lowest BCUT2D eigenvalue weighted by Crippen LogP contribution is -2.12. The molecule has 104 valence electrons. The first kappa shape index (κ1) is 14.1. The molecule has 2 aromatic rings. The Hall–Kier alpha value is -2.27. The molecule has 0 aromatic heterocycles. The van der Waals surface area contributed by atoms with Gasteiger partial charge in [0.25, 0.3) is 5.91 Å². The Morgan fingerprint density at radius 1 is 1.30 bits per heavy atom. The van der Waals surface area contributed by atoms with Crippen molar-refractivity contribution in [1.29, 1.82) is 0 Å². The molecule has 0 bridgehead atoms. The SMILES string of the molecule is COc1ccc(Cl)c(NC(=O)c2ccc(F)cc2O)c1. The van der Waals surface area contributed by atoms with E-state index in [4.69, 9.17) is 16.3 Å². The summed E-state index contributed by atoms with van der Waals surface area (Å²) in [5.41, 5.74) is 0.282. The molecule has 0 aliphatic rings. The van der Waals surface area contributed by atoms with Gasteiger partial charge in [0.15, 0.2) is 0 Å². The predicted molar refractivity (Wildman–Crippen MR) is 74.0 cm³/mol. The molecule has 4 nitrogen and oxygen atoms in total. The maximum Gasteiger partial charge on any atom is 0.259 e. The number of methoxy groups -OCH3 is 1. The van der Waals surface area contributed by atoms with Crippen molar-refractivity contribution in [2.45, 2.75) is 0 Å². The summed E-state index contributed by atoms with van der Waals surface area (Å²) in [6.07, 6.45) is 0. The second-order valence-corrected chi connectivity index (χ2v) is 4.37. The van der Waals surface area contributed by atoms with Crippen LogP contribution >= 0.6 is 11.6 Å². The third kappa shape index (κ3) is 3.00. The number of amides is 1. The van der Waals surface area contributed by atoms with E-state index in [0.717, 1.165) is 12.1 Å². The van der Waals surface area contributed by atoms with Crippen LogP contribution in [-0.4, -0.2) is 18.1 Å². The molecule has 0 aliphatic carbocycles. The number of rotatable bonds is 3. The van der Waals surface area contributed by atoms with E-state index in [2.05, 4.69) is 5.32 Å². The van der Waals surface area contributed by atoms with Crippen molar-refractivity contribution in [3.8, 4) is 11.5 Å². The maximum atomic E-state index is 12.9. The predicted octanol–water partition coefficient (Wildman–Crippen LogP) is 3.45. The topological polar surface area (TPSA) is 58.6 Å². The van der Waals surface area contributed by atoms with Crippen LogP contribution in [0.4, 0.5) is 10.1 Å². The van der Waals surface area contributed by atoms with Crippen LogP contribution in [0.2, 0.25) is 5.02 Å². The summed E-state index contributed by atoms with van der Waals surface area (Å²) in [4.78, 5) is 12.0. The fourth-order valence-electron chi connectivity index (χ4n) is 1.61. The minimum Gasteiger partial charge on any atom is -0.507 e. The first-order chi connectivity index (χ1) is 9.51. The molecule has 6 heteroatoms. The third-order valence-electron chi connectivity index (χ3n) is 2.63.